The van der Waals surface area contributed by atoms with Gasteiger partial charge in [-0.05, 0) is 30.5 Å². The molecule has 0 heterocycles. The molecule has 0 aliphatic heterocycles. The summed E-state index contributed by atoms with van der Waals surface area (Å²) in [5.74, 6) is -0.554. The van der Waals surface area contributed by atoms with Crippen LogP contribution in [0.5, 0.6) is 0 Å². The van der Waals surface area contributed by atoms with Gasteiger partial charge in [0.05, 0.1) is 37.7 Å². The van der Waals surface area contributed by atoms with Crippen LogP contribution in [0.15, 0.2) is 71.6 Å². The molecule has 0 saturated heterocycles. The molecule has 0 fully saturated rings. The Kier molecular flexibility index (Phi) is 9.23. The minimum Gasteiger partial charge on any atom is -0.469 e. The molecule has 0 aliphatic carbocycles. The predicted molar refractivity (Wildman–Crippen MR) is 116 cm³/mol. The van der Waals surface area contributed by atoms with Gasteiger partial charge in [0, 0.05) is 0 Å². The number of nitrogens with one attached hydrogen (secondary N) is 1. The van der Waals surface area contributed by atoms with Gasteiger partial charge >= 0.3 is 5.97 Å². The van der Waals surface area contributed by atoms with E-state index in [4.69, 9.17) is 4.74 Å². The minimum atomic E-state index is -3.72. The van der Waals surface area contributed by atoms with E-state index in [1.54, 1.807) is 36.4 Å². The number of rotatable bonds is 11. The maximum Gasteiger partial charge on any atom is 0.309 e. The second-order valence-corrected chi connectivity index (χ2v) is 8.82. The van der Waals surface area contributed by atoms with Crippen molar-refractivity contribution in [3.63, 3.8) is 0 Å². The first-order valence-electron chi connectivity index (χ1n) is 9.76. The zero-order valence-corrected chi connectivity index (χ0v) is 18.4. The lowest BCUT2D eigenvalue weighted by Gasteiger charge is -2.23. The Balaban J connectivity index is 2.10. The number of ether oxygens (including phenoxy) is 2. The molecule has 1 N–H and O–H groups in total. The van der Waals surface area contributed by atoms with E-state index in [9.17, 15) is 13.2 Å². The summed E-state index contributed by atoms with van der Waals surface area (Å²) in [7, 11) is -2.39. The maximum absolute atomic E-state index is 12.9. The predicted octanol–water partition coefficient (Wildman–Crippen LogP) is 3.61. The van der Waals surface area contributed by atoms with Crippen LogP contribution in [-0.2, 0) is 30.9 Å². The van der Waals surface area contributed by atoms with E-state index in [-0.39, 0.29) is 29.8 Å². The molecule has 0 aliphatic rings. The molecule has 30 heavy (non-hydrogen) atoms. The van der Waals surface area contributed by atoms with Gasteiger partial charge in [-0.15, -0.1) is 0 Å². The van der Waals surface area contributed by atoms with Gasteiger partial charge in [-0.2, -0.15) is 0 Å². The van der Waals surface area contributed by atoms with Gasteiger partial charge < -0.3 is 9.47 Å². The molecule has 2 atom stereocenters. The quantitative estimate of drug-likeness (QED) is 0.434. The molecule has 2 rings (SSSR count). The number of hydrogen-bond acceptors (Lipinski definition) is 5. The number of hydrogen-bond donors (Lipinski definition) is 1. The summed E-state index contributed by atoms with van der Waals surface area (Å²) in [6.45, 7) is 4.34. The molecule has 0 aromatic heterocycles. The molecule has 162 valence electrons. The van der Waals surface area contributed by atoms with Crippen molar-refractivity contribution in [2.45, 2.75) is 37.8 Å². The molecule has 0 saturated carbocycles. The van der Waals surface area contributed by atoms with Crippen molar-refractivity contribution in [2.24, 2.45) is 5.92 Å². The molecular formula is C23H29NO5S. The number of methoxy groups -OCH3 is 1. The summed E-state index contributed by atoms with van der Waals surface area (Å²) in [4.78, 5) is 11.5. The molecular weight excluding hydrogens is 402 g/mol. The molecule has 6 nitrogen and oxygen atoms in total. The van der Waals surface area contributed by atoms with Gasteiger partial charge in [0.1, 0.15) is 0 Å². The standard InChI is InChI=1S/C23H29NO5S/c1-18-12-14-21(15-13-18)30(26,27)24-22(19(2)8-7-11-23(25)28-3)17-29-16-20-9-5-4-6-10-20/h4-10,12-15,19,22,24H,11,16-17H2,1-3H3/b8-7+/t19-,22-/m0/s1. The number of sulfonamides is 1. The van der Waals surface area contributed by atoms with Crippen LogP contribution in [0, 0.1) is 12.8 Å². The number of benzene rings is 2. The third-order valence-electron chi connectivity index (χ3n) is 4.63. The van der Waals surface area contributed by atoms with Crippen LogP contribution >= 0.6 is 0 Å². The van der Waals surface area contributed by atoms with Gasteiger partial charge in [0.25, 0.3) is 0 Å². The molecule has 0 spiro atoms. The minimum absolute atomic E-state index is 0.128. The summed E-state index contributed by atoms with van der Waals surface area (Å²) in [6, 6.07) is 15.8. The maximum atomic E-state index is 12.9. The lowest BCUT2D eigenvalue weighted by atomic mass is 10.0. The number of esters is 1. The first kappa shape index (κ1) is 23.8. The molecule has 0 radical (unpaired) electrons. The van der Waals surface area contributed by atoms with Gasteiger partial charge in [0.2, 0.25) is 10.0 Å². The average molecular weight is 432 g/mol. The SMILES string of the molecule is COC(=O)C/C=C/[C@H](C)[C@H](COCc1ccccc1)NS(=O)(=O)c1ccc(C)cc1. The van der Waals surface area contributed by atoms with Crippen LogP contribution in [-0.4, -0.2) is 34.1 Å². The summed E-state index contributed by atoms with van der Waals surface area (Å²) in [5, 5.41) is 0. The third kappa shape index (κ3) is 7.74. The second-order valence-electron chi connectivity index (χ2n) is 7.11. The Morgan fingerprint density at radius 3 is 2.40 bits per heavy atom. The highest BCUT2D eigenvalue weighted by atomic mass is 32.2. The number of aryl methyl sites for hydroxylation is 1. The highest BCUT2D eigenvalue weighted by Crippen LogP contribution is 2.15. The molecule has 0 unspecified atom stereocenters. The van der Waals surface area contributed by atoms with Gasteiger partial charge in [0.15, 0.2) is 0 Å². The molecule has 2 aromatic rings. The second kappa shape index (κ2) is 11.6. The zero-order chi connectivity index (χ0) is 22.0. The first-order chi connectivity index (χ1) is 14.3. The normalized spacial score (nSPS) is 13.8. The molecule has 7 heteroatoms. The van der Waals surface area contributed by atoms with E-state index in [2.05, 4.69) is 9.46 Å². The highest BCUT2D eigenvalue weighted by molar-refractivity contribution is 7.89. The Labute approximate surface area is 179 Å². The Hall–Kier alpha value is -2.48. The smallest absolute Gasteiger partial charge is 0.309 e. The van der Waals surface area contributed by atoms with Crippen LogP contribution < -0.4 is 4.72 Å². The fourth-order valence-corrected chi connectivity index (χ4v) is 4.06. The highest BCUT2D eigenvalue weighted by Gasteiger charge is 2.24. The van der Waals surface area contributed by atoms with Crippen LogP contribution in [0.25, 0.3) is 0 Å². The molecule has 2 aromatic carbocycles. The lowest BCUT2D eigenvalue weighted by Crippen LogP contribution is -2.42. The average Bonchev–Trinajstić information content (AvgIpc) is 2.73. The van der Waals surface area contributed by atoms with E-state index >= 15 is 0 Å². The van der Waals surface area contributed by atoms with Crippen LogP contribution in [0.4, 0.5) is 0 Å². The van der Waals surface area contributed by atoms with Crippen LogP contribution in [0.1, 0.15) is 24.5 Å². The lowest BCUT2D eigenvalue weighted by molar-refractivity contribution is -0.139. The van der Waals surface area contributed by atoms with E-state index in [0.717, 1.165) is 11.1 Å². The Morgan fingerprint density at radius 2 is 1.77 bits per heavy atom. The first-order valence-corrected chi connectivity index (χ1v) is 11.2. The number of carbonyl (C=O) groups is 1. The summed E-state index contributed by atoms with van der Waals surface area (Å²) in [6.07, 6.45) is 3.61. The van der Waals surface area contributed by atoms with Crippen molar-refractivity contribution < 1.29 is 22.7 Å². The van der Waals surface area contributed by atoms with Crippen molar-refractivity contribution >= 4 is 16.0 Å². The van der Waals surface area contributed by atoms with Crippen molar-refractivity contribution in [2.75, 3.05) is 13.7 Å². The fourth-order valence-electron chi connectivity index (χ4n) is 2.75. The van der Waals surface area contributed by atoms with Gasteiger partial charge in [-0.3, -0.25) is 4.79 Å². The molecule has 0 amide bonds. The van der Waals surface area contributed by atoms with E-state index in [1.165, 1.54) is 7.11 Å². The molecule has 0 bridgehead atoms. The van der Waals surface area contributed by atoms with Gasteiger partial charge in [-0.25, -0.2) is 13.1 Å². The van der Waals surface area contributed by atoms with Crippen molar-refractivity contribution in [3.8, 4) is 0 Å². The topological polar surface area (TPSA) is 81.7 Å². The summed E-state index contributed by atoms with van der Waals surface area (Å²) >= 11 is 0. The Morgan fingerprint density at radius 1 is 1.10 bits per heavy atom. The number of carbonyl (C=O) groups excluding carboxylic acids is 1. The largest absolute Gasteiger partial charge is 0.469 e. The Bertz CT molecular complexity index is 924. The monoisotopic (exact) mass is 431 g/mol. The van der Waals surface area contributed by atoms with Gasteiger partial charge in [-0.1, -0.05) is 67.1 Å². The van der Waals surface area contributed by atoms with Crippen molar-refractivity contribution in [1.82, 2.24) is 4.72 Å². The van der Waals surface area contributed by atoms with E-state index < -0.39 is 16.1 Å². The van der Waals surface area contributed by atoms with Crippen LogP contribution in [0.3, 0.4) is 0 Å². The summed E-state index contributed by atoms with van der Waals surface area (Å²) in [5.41, 5.74) is 1.99. The van der Waals surface area contributed by atoms with E-state index in [0.29, 0.717) is 6.61 Å². The summed E-state index contributed by atoms with van der Waals surface area (Å²) < 4.78 is 38.9. The van der Waals surface area contributed by atoms with Crippen molar-refractivity contribution in [1.29, 1.82) is 0 Å². The van der Waals surface area contributed by atoms with E-state index in [1.807, 2.05) is 44.2 Å². The fraction of sp³-hybridized carbons (Fsp3) is 0.348. The van der Waals surface area contributed by atoms with Crippen LogP contribution in [0.2, 0.25) is 0 Å². The third-order valence-corrected chi connectivity index (χ3v) is 6.14. The zero-order valence-electron chi connectivity index (χ0n) is 17.6. The van der Waals surface area contributed by atoms with Crippen molar-refractivity contribution in [3.05, 3.63) is 77.9 Å².